The zero-order chi connectivity index (χ0) is 13.1. The van der Waals surface area contributed by atoms with E-state index in [1.807, 2.05) is 18.2 Å². The Balaban J connectivity index is 2.12. The molecule has 1 amide bonds. The maximum atomic E-state index is 11.8. The molecule has 1 aromatic rings. The minimum absolute atomic E-state index is 0.0516. The molecule has 0 aliphatic heterocycles. The zero-order valence-electron chi connectivity index (χ0n) is 10.3. The van der Waals surface area contributed by atoms with Crippen molar-refractivity contribution in [3.8, 4) is 0 Å². The molecule has 0 saturated heterocycles. The predicted octanol–water partition coefficient (Wildman–Crippen LogP) is 1.90. The van der Waals surface area contributed by atoms with Gasteiger partial charge in [0.2, 0.25) is 5.91 Å². The number of fused-ring (bicyclic) bond motifs is 1. The monoisotopic (exact) mass is 247 g/mol. The van der Waals surface area contributed by atoms with Crippen molar-refractivity contribution >= 4 is 11.9 Å². The van der Waals surface area contributed by atoms with Crippen LogP contribution in [0.2, 0.25) is 0 Å². The lowest BCUT2D eigenvalue weighted by molar-refractivity contribution is -0.146. The Hall–Kier alpha value is -1.84. The number of benzene rings is 1. The van der Waals surface area contributed by atoms with E-state index in [1.165, 1.54) is 12.5 Å². The molecule has 2 atom stereocenters. The molecule has 0 bridgehead atoms. The second-order valence-corrected chi connectivity index (χ2v) is 4.71. The number of aliphatic carboxylic acids is 1. The average molecular weight is 247 g/mol. The third-order valence-corrected chi connectivity index (χ3v) is 3.45. The highest BCUT2D eigenvalue weighted by atomic mass is 16.4. The lowest BCUT2D eigenvalue weighted by Gasteiger charge is -2.27. The summed E-state index contributed by atoms with van der Waals surface area (Å²) in [5.74, 6) is -2.50. The molecule has 0 aromatic heterocycles. The van der Waals surface area contributed by atoms with Gasteiger partial charge in [0.1, 0.15) is 5.92 Å². The van der Waals surface area contributed by atoms with Gasteiger partial charge < -0.3 is 10.4 Å². The van der Waals surface area contributed by atoms with Crippen LogP contribution in [-0.2, 0) is 16.0 Å². The van der Waals surface area contributed by atoms with Gasteiger partial charge in [-0.25, -0.2) is 0 Å². The van der Waals surface area contributed by atoms with Crippen molar-refractivity contribution < 1.29 is 14.7 Å². The van der Waals surface area contributed by atoms with Gasteiger partial charge in [-0.05, 0) is 37.3 Å². The molecule has 2 N–H and O–H groups in total. The Morgan fingerprint density at radius 3 is 2.83 bits per heavy atom. The van der Waals surface area contributed by atoms with Gasteiger partial charge in [-0.2, -0.15) is 0 Å². The number of hydrogen-bond donors (Lipinski definition) is 2. The highest BCUT2D eigenvalue weighted by Crippen LogP contribution is 2.29. The van der Waals surface area contributed by atoms with E-state index in [-0.39, 0.29) is 6.04 Å². The number of rotatable bonds is 3. The van der Waals surface area contributed by atoms with Gasteiger partial charge in [-0.3, -0.25) is 9.59 Å². The third-order valence-electron chi connectivity index (χ3n) is 3.45. The Morgan fingerprint density at radius 2 is 2.11 bits per heavy atom. The van der Waals surface area contributed by atoms with Crippen molar-refractivity contribution in [3.63, 3.8) is 0 Å². The van der Waals surface area contributed by atoms with Crippen LogP contribution in [0.1, 0.15) is 36.9 Å². The fourth-order valence-electron chi connectivity index (χ4n) is 2.31. The number of carboxylic acid groups (broad SMARTS) is 1. The third kappa shape index (κ3) is 2.53. The van der Waals surface area contributed by atoms with E-state index in [4.69, 9.17) is 5.11 Å². The lowest BCUT2D eigenvalue weighted by Crippen LogP contribution is -2.37. The minimum atomic E-state index is -1.09. The molecule has 1 aliphatic rings. The first-order valence-corrected chi connectivity index (χ1v) is 6.20. The van der Waals surface area contributed by atoms with Crippen LogP contribution in [0, 0.1) is 5.92 Å². The van der Waals surface area contributed by atoms with E-state index in [9.17, 15) is 9.59 Å². The van der Waals surface area contributed by atoms with Crippen molar-refractivity contribution in [2.75, 3.05) is 0 Å². The van der Waals surface area contributed by atoms with Crippen LogP contribution in [-0.4, -0.2) is 17.0 Å². The van der Waals surface area contributed by atoms with E-state index < -0.39 is 17.8 Å². The molecule has 0 radical (unpaired) electrons. The first-order valence-electron chi connectivity index (χ1n) is 6.20. The smallest absolute Gasteiger partial charge is 0.315 e. The quantitative estimate of drug-likeness (QED) is 0.802. The van der Waals surface area contributed by atoms with Crippen molar-refractivity contribution in [2.24, 2.45) is 5.92 Å². The average Bonchev–Trinajstić information content (AvgIpc) is 2.38. The normalized spacial score (nSPS) is 19.7. The van der Waals surface area contributed by atoms with E-state index >= 15 is 0 Å². The van der Waals surface area contributed by atoms with Crippen LogP contribution >= 0.6 is 0 Å². The number of amides is 1. The van der Waals surface area contributed by atoms with Crippen molar-refractivity contribution in [2.45, 2.75) is 32.2 Å². The lowest BCUT2D eigenvalue weighted by atomic mass is 9.87. The van der Waals surface area contributed by atoms with Crippen LogP contribution < -0.4 is 5.32 Å². The van der Waals surface area contributed by atoms with E-state index in [1.54, 1.807) is 0 Å². The molecule has 0 spiro atoms. The minimum Gasteiger partial charge on any atom is -0.481 e. The van der Waals surface area contributed by atoms with Crippen LogP contribution in [0.3, 0.4) is 0 Å². The van der Waals surface area contributed by atoms with Crippen LogP contribution in [0.25, 0.3) is 0 Å². The fraction of sp³-hybridized carbons (Fsp3) is 0.429. The van der Waals surface area contributed by atoms with Gasteiger partial charge in [0, 0.05) is 0 Å². The summed E-state index contributed by atoms with van der Waals surface area (Å²) in [6.45, 7) is 1.41. The topological polar surface area (TPSA) is 66.4 Å². The zero-order valence-corrected chi connectivity index (χ0v) is 10.3. The molecular formula is C14H17NO3. The molecule has 96 valence electrons. The summed E-state index contributed by atoms with van der Waals surface area (Å²) in [4.78, 5) is 22.5. The molecule has 4 heteroatoms. The van der Waals surface area contributed by atoms with Gasteiger partial charge in [-0.1, -0.05) is 24.3 Å². The van der Waals surface area contributed by atoms with Crippen molar-refractivity contribution in [3.05, 3.63) is 35.4 Å². The number of aryl methyl sites for hydroxylation is 1. The van der Waals surface area contributed by atoms with Crippen LogP contribution in [0.15, 0.2) is 24.3 Å². The molecule has 0 heterocycles. The standard InChI is InChI=1S/C14H17NO3/c1-9(14(17)18)13(16)15-12-8-4-6-10-5-2-3-7-11(10)12/h2-3,5,7,9,12H,4,6,8H2,1H3,(H,15,16)(H,17,18). The number of nitrogens with one attached hydrogen (secondary N) is 1. The first kappa shape index (κ1) is 12.6. The van der Waals surface area contributed by atoms with Crippen molar-refractivity contribution in [1.82, 2.24) is 5.32 Å². The molecule has 2 unspecified atom stereocenters. The first-order chi connectivity index (χ1) is 8.59. The largest absolute Gasteiger partial charge is 0.481 e. The van der Waals surface area contributed by atoms with E-state index in [0.29, 0.717) is 0 Å². The molecule has 1 aromatic carbocycles. The maximum Gasteiger partial charge on any atom is 0.315 e. The Morgan fingerprint density at radius 1 is 1.39 bits per heavy atom. The highest BCUT2D eigenvalue weighted by Gasteiger charge is 2.26. The van der Waals surface area contributed by atoms with E-state index in [0.717, 1.165) is 24.8 Å². The van der Waals surface area contributed by atoms with Gasteiger partial charge in [0.25, 0.3) is 0 Å². The van der Waals surface area contributed by atoms with E-state index in [2.05, 4.69) is 11.4 Å². The number of carbonyl (C=O) groups excluding carboxylic acids is 1. The molecule has 0 fully saturated rings. The molecule has 0 saturated carbocycles. The summed E-state index contributed by atoms with van der Waals surface area (Å²) >= 11 is 0. The fourth-order valence-corrected chi connectivity index (χ4v) is 2.31. The molecule has 1 aliphatic carbocycles. The molecular weight excluding hydrogens is 230 g/mol. The Labute approximate surface area is 106 Å². The second kappa shape index (κ2) is 5.21. The van der Waals surface area contributed by atoms with Crippen molar-refractivity contribution in [1.29, 1.82) is 0 Å². The maximum absolute atomic E-state index is 11.8. The Bertz CT molecular complexity index is 470. The van der Waals surface area contributed by atoms with Gasteiger partial charge >= 0.3 is 5.97 Å². The molecule has 4 nitrogen and oxygen atoms in total. The SMILES string of the molecule is CC(C(=O)O)C(=O)NC1CCCc2ccccc21. The molecule has 18 heavy (non-hydrogen) atoms. The highest BCUT2D eigenvalue weighted by molar-refractivity contribution is 5.96. The van der Waals surface area contributed by atoms with Gasteiger partial charge in [0.15, 0.2) is 0 Å². The summed E-state index contributed by atoms with van der Waals surface area (Å²) in [5.41, 5.74) is 2.37. The van der Waals surface area contributed by atoms with Crippen LogP contribution in [0.5, 0.6) is 0 Å². The van der Waals surface area contributed by atoms with Crippen LogP contribution in [0.4, 0.5) is 0 Å². The summed E-state index contributed by atoms with van der Waals surface area (Å²) in [5, 5.41) is 11.7. The number of carboxylic acids is 1. The predicted molar refractivity (Wildman–Crippen MR) is 67.1 cm³/mol. The number of hydrogen-bond acceptors (Lipinski definition) is 2. The molecule has 2 rings (SSSR count). The van der Waals surface area contributed by atoms with Gasteiger partial charge in [0.05, 0.1) is 6.04 Å². The summed E-state index contributed by atoms with van der Waals surface area (Å²) in [6, 6.07) is 7.95. The second-order valence-electron chi connectivity index (χ2n) is 4.71. The summed E-state index contributed by atoms with van der Waals surface area (Å²) < 4.78 is 0. The van der Waals surface area contributed by atoms with Gasteiger partial charge in [-0.15, -0.1) is 0 Å². The summed E-state index contributed by atoms with van der Waals surface area (Å²) in [6.07, 6.45) is 2.91. The number of carbonyl (C=O) groups is 2. The summed E-state index contributed by atoms with van der Waals surface area (Å²) in [7, 11) is 0. The Kier molecular flexibility index (Phi) is 3.65.